The minimum atomic E-state index is 0.465. The smallest absolute Gasteiger partial charge is 0.134 e. The van der Waals surface area contributed by atoms with E-state index in [2.05, 4.69) is 10.3 Å². The molecule has 0 spiro atoms. The van der Waals surface area contributed by atoms with Crippen molar-refractivity contribution in [2.75, 3.05) is 25.4 Å². The molecule has 0 saturated carbocycles. The lowest BCUT2D eigenvalue weighted by molar-refractivity contribution is 0.109. The second-order valence-corrected chi connectivity index (χ2v) is 4.72. The molecule has 1 aromatic heterocycles. The lowest BCUT2D eigenvalue weighted by Crippen LogP contribution is -2.28. The van der Waals surface area contributed by atoms with Crippen LogP contribution in [0.2, 0.25) is 0 Å². The van der Waals surface area contributed by atoms with Crippen LogP contribution in [0.4, 0.5) is 5.82 Å². The van der Waals surface area contributed by atoms with Gasteiger partial charge in [-0.2, -0.15) is 0 Å². The molecule has 5 nitrogen and oxygen atoms in total. The number of nitrogens with two attached hydrogens (primary N) is 1. The topological polar surface area (TPSA) is 73.1 Å². The maximum atomic E-state index is 6.00. The largest absolute Gasteiger partial charge is 0.383 e. The van der Waals surface area contributed by atoms with Crippen LogP contribution in [0, 0.1) is 0 Å². The number of fused-ring (bicyclic) bond motifs is 1. The number of anilines is 1. The summed E-state index contributed by atoms with van der Waals surface area (Å²) >= 11 is 0. The maximum Gasteiger partial charge on any atom is 0.134 e. The van der Waals surface area contributed by atoms with Gasteiger partial charge in [-0.25, -0.2) is 9.97 Å². The van der Waals surface area contributed by atoms with Gasteiger partial charge < -0.3 is 15.8 Å². The Balaban J connectivity index is 1.92. The summed E-state index contributed by atoms with van der Waals surface area (Å²) in [5.41, 5.74) is 8.09. The van der Waals surface area contributed by atoms with E-state index in [0.29, 0.717) is 18.3 Å². The molecule has 1 fully saturated rings. The van der Waals surface area contributed by atoms with Crippen LogP contribution in [0.5, 0.6) is 0 Å². The van der Waals surface area contributed by atoms with E-state index in [9.17, 15) is 0 Å². The van der Waals surface area contributed by atoms with Crippen molar-refractivity contribution in [1.82, 2.24) is 15.3 Å². The third-order valence-corrected chi connectivity index (χ3v) is 3.58. The van der Waals surface area contributed by atoms with Gasteiger partial charge in [0.15, 0.2) is 0 Å². The van der Waals surface area contributed by atoms with Crippen LogP contribution in [-0.2, 0) is 17.8 Å². The zero-order valence-corrected chi connectivity index (χ0v) is 9.91. The molecule has 3 rings (SSSR count). The van der Waals surface area contributed by atoms with Gasteiger partial charge in [-0.3, -0.25) is 0 Å². The Kier molecular flexibility index (Phi) is 2.94. The first-order valence-corrected chi connectivity index (χ1v) is 6.28. The highest BCUT2D eigenvalue weighted by Gasteiger charge is 2.22. The van der Waals surface area contributed by atoms with Crippen molar-refractivity contribution >= 4 is 5.82 Å². The van der Waals surface area contributed by atoms with Gasteiger partial charge in [-0.1, -0.05) is 0 Å². The highest BCUT2D eigenvalue weighted by Crippen LogP contribution is 2.26. The van der Waals surface area contributed by atoms with Crippen LogP contribution in [0.3, 0.4) is 0 Å². The zero-order valence-electron chi connectivity index (χ0n) is 9.91. The van der Waals surface area contributed by atoms with Crippen LogP contribution in [-0.4, -0.2) is 29.7 Å². The molecule has 0 amide bonds. The van der Waals surface area contributed by atoms with Crippen molar-refractivity contribution < 1.29 is 4.74 Å². The van der Waals surface area contributed by atoms with E-state index in [-0.39, 0.29) is 0 Å². The Bertz CT molecular complexity index is 415. The second-order valence-electron chi connectivity index (χ2n) is 4.72. The predicted octanol–water partition coefficient (Wildman–Crippen LogP) is 0.598. The number of nitrogens with one attached hydrogen (secondary N) is 1. The average molecular weight is 234 g/mol. The molecule has 0 bridgehead atoms. The van der Waals surface area contributed by atoms with E-state index in [0.717, 1.165) is 56.0 Å². The number of ether oxygens (including phenoxy) is 1. The number of hydrogen-bond donors (Lipinski definition) is 2. The second kappa shape index (κ2) is 4.58. The minimum absolute atomic E-state index is 0.465. The molecule has 0 aliphatic carbocycles. The third kappa shape index (κ3) is 2.12. The standard InChI is InChI=1S/C12H18N4O/c13-11-9-7-17-6-3-10(9)15-12(16-11)8-1-4-14-5-2-8/h8,14H,1-7H2,(H2,13,15,16). The van der Waals surface area contributed by atoms with Crippen molar-refractivity contribution in [1.29, 1.82) is 0 Å². The van der Waals surface area contributed by atoms with E-state index >= 15 is 0 Å². The summed E-state index contributed by atoms with van der Waals surface area (Å²) in [6.07, 6.45) is 3.07. The Morgan fingerprint density at radius 2 is 2.06 bits per heavy atom. The van der Waals surface area contributed by atoms with Crippen LogP contribution in [0.1, 0.15) is 35.8 Å². The fourth-order valence-electron chi connectivity index (χ4n) is 2.54. The molecule has 2 aliphatic rings. The van der Waals surface area contributed by atoms with Crippen LogP contribution < -0.4 is 11.1 Å². The highest BCUT2D eigenvalue weighted by atomic mass is 16.5. The predicted molar refractivity (Wildman–Crippen MR) is 64.6 cm³/mol. The van der Waals surface area contributed by atoms with E-state index in [1.165, 1.54) is 0 Å². The molecule has 3 heterocycles. The molecule has 5 heteroatoms. The van der Waals surface area contributed by atoms with Crippen molar-refractivity contribution in [3.05, 3.63) is 17.1 Å². The van der Waals surface area contributed by atoms with Crippen molar-refractivity contribution in [3.8, 4) is 0 Å². The van der Waals surface area contributed by atoms with Gasteiger partial charge in [-0.15, -0.1) is 0 Å². The number of nitrogens with zero attached hydrogens (tertiary/aromatic N) is 2. The fraction of sp³-hybridized carbons (Fsp3) is 0.667. The molecule has 0 atom stereocenters. The number of nitrogen functional groups attached to an aromatic ring is 1. The summed E-state index contributed by atoms with van der Waals surface area (Å²) in [6, 6.07) is 0. The molecule has 0 radical (unpaired) electrons. The number of rotatable bonds is 1. The van der Waals surface area contributed by atoms with Gasteiger partial charge >= 0.3 is 0 Å². The molecule has 1 saturated heterocycles. The zero-order chi connectivity index (χ0) is 11.7. The minimum Gasteiger partial charge on any atom is -0.383 e. The number of piperidine rings is 1. The number of aromatic nitrogens is 2. The van der Waals surface area contributed by atoms with Gasteiger partial charge in [0.05, 0.1) is 18.9 Å². The summed E-state index contributed by atoms with van der Waals surface area (Å²) < 4.78 is 5.39. The first-order valence-electron chi connectivity index (χ1n) is 6.28. The Labute approximate surface area is 101 Å². The highest BCUT2D eigenvalue weighted by molar-refractivity contribution is 5.43. The first-order chi connectivity index (χ1) is 8.34. The first kappa shape index (κ1) is 10.9. The molecule has 1 aromatic rings. The molecule has 92 valence electrons. The Morgan fingerprint density at radius 1 is 1.24 bits per heavy atom. The average Bonchev–Trinajstić information content (AvgIpc) is 2.40. The maximum absolute atomic E-state index is 6.00. The molecule has 3 N–H and O–H groups in total. The van der Waals surface area contributed by atoms with Gasteiger partial charge in [0.1, 0.15) is 11.6 Å². The molecule has 17 heavy (non-hydrogen) atoms. The monoisotopic (exact) mass is 234 g/mol. The van der Waals surface area contributed by atoms with E-state index in [1.807, 2.05) is 0 Å². The van der Waals surface area contributed by atoms with E-state index in [4.69, 9.17) is 15.5 Å². The number of hydrogen-bond acceptors (Lipinski definition) is 5. The molecular formula is C12H18N4O. The summed E-state index contributed by atoms with van der Waals surface area (Å²) in [5.74, 6) is 2.01. The van der Waals surface area contributed by atoms with E-state index in [1.54, 1.807) is 0 Å². The van der Waals surface area contributed by atoms with Crippen molar-refractivity contribution in [3.63, 3.8) is 0 Å². The quantitative estimate of drug-likeness (QED) is 0.744. The fourth-order valence-corrected chi connectivity index (χ4v) is 2.54. The molecule has 0 aromatic carbocycles. The van der Waals surface area contributed by atoms with Gasteiger partial charge in [0.2, 0.25) is 0 Å². The van der Waals surface area contributed by atoms with Gasteiger partial charge in [-0.05, 0) is 25.9 Å². The van der Waals surface area contributed by atoms with Crippen LogP contribution in [0.15, 0.2) is 0 Å². The molecule has 0 unspecified atom stereocenters. The van der Waals surface area contributed by atoms with Crippen LogP contribution in [0.25, 0.3) is 0 Å². The molecular weight excluding hydrogens is 216 g/mol. The lowest BCUT2D eigenvalue weighted by Gasteiger charge is -2.24. The summed E-state index contributed by atoms with van der Waals surface area (Å²) in [5, 5.41) is 3.35. The third-order valence-electron chi connectivity index (χ3n) is 3.58. The summed E-state index contributed by atoms with van der Waals surface area (Å²) in [7, 11) is 0. The van der Waals surface area contributed by atoms with Crippen molar-refractivity contribution in [2.45, 2.75) is 31.8 Å². The molecule has 2 aliphatic heterocycles. The SMILES string of the molecule is Nc1nc(C2CCNCC2)nc2c1COCC2. The Hall–Kier alpha value is -1.20. The lowest BCUT2D eigenvalue weighted by atomic mass is 9.96. The summed E-state index contributed by atoms with van der Waals surface area (Å²) in [4.78, 5) is 9.17. The summed E-state index contributed by atoms with van der Waals surface area (Å²) in [6.45, 7) is 3.41. The normalized spacial score (nSPS) is 21.2. The van der Waals surface area contributed by atoms with E-state index < -0.39 is 0 Å². The van der Waals surface area contributed by atoms with Crippen LogP contribution >= 0.6 is 0 Å². The Morgan fingerprint density at radius 3 is 2.88 bits per heavy atom. The van der Waals surface area contributed by atoms with Crippen molar-refractivity contribution in [2.24, 2.45) is 0 Å². The van der Waals surface area contributed by atoms with Gasteiger partial charge in [0.25, 0.3) is 0 Å². The van der Waals surface area contributed by atoms with Gasteiger partial charge in [0, 0.05) is 17.9 Å².